The summed E-state index contributed by atoms with van der Waals surface area (Å²) in [4.78, 5) is 15.6. The van der Waals surface area contributed by atoms with Crippen LogP contribution < -0.4 is 5.32 Å². The van der Waals surface area contributed by atoms with Crippen molar-refractivity contribution in [2.24, 2.45) is 0 Å². The van der Waals surface area contributed by atoms with Crippen molar-refractivity contribution in [3.63, 3.8) is 0 Å². The summed E-state index contributed by atoms with van der Waals surface area (Å²) in [5.41, 5.74) is -0.118. The molecule has 0 unspecified atom stereocenters. The summed E-state index contributed by atoms with van der Waals surface area (Å²) in [7, 11) is 0. The summed E-state index contributed by atoms with van der Waals surface area (Å²) in [5.74, 6) is -2.07. The molecule has 0 saturated carbocycles. The van der Waals surface area contributed by atoms with Crippen LogP contribution in [0.3, 0.4) is 0 Å². The highest BCUT2D eigenvalue weighted by atomic mass is 35.5. The van der Waals surface area contributed by atoms with E-state index in [9.17, 15) is 13.6 Å². The van der Waals surface area contributed by atoms with Crippen LogP contribution in [0.4, 0.5) is 14.5 Å². The fraction of sp³-hybridized carbons (Fsp3) is 0.0769. The lowest BCUT2D eigenvalue weighted by Gasteiger charge is -2.08. The van der Waals surface area contributed by atoms with E-state index < -0.39 is 17.5 Å². The van der Waals surface area contributed by atoms with Crippen LogP contribution in [0, 0.1) is 18.6 Å². The number of hydrogen-bond acceptors (Lipinski definition) is 2. The van der Waals surface area contributed by atoms with Crippen molar-refractivity contribution in [3.05, 3.63) is 57.3 Å². The van der Waals surface area contributed by atoms with Crippen LogP contribution >= 0.6 is 23.2 Å². The van der Waals surface area contributed by atoms with E-state index in [4.69, 9.17) is 23.2 Å². The van der Waals surface area contributed by atoms with Crippen LogP contribution in [-0.2, 0) is 0 Å². The number of pyridine rings is 1. The van der Waals surface area contributed by atoms with Crippen LogP contribution in [0.15, 0.2) is 24.3 Å². The molecule has 2 rings (SSSR count). The Kier molecular flexibility index (Phi) is 4.20. The maximum absolute atomic E-state index is 13.6. The molecule has 0 aliphatic rings. The quantitative estimate of drug-likeness (QED) is 0.842. The SMILES string of the molecule is Cc1cc(F)c(NC(=O)c2ccc(Cl)nc2Cl)cc1F. The largest absolute Gasteiger partial charge is 0.319 e. The van der Waals surface area contributed by atoms with Crippen LogP contribution in [0.5, 0.6) is 0 Å². The lowest BCUT2D eigenvalue weighted by Crippen LogP contribution is -2.14. The third kappa shape index (κ3) is 3.05. The first-order valence-corrected chi connectivity index (χ1v) is 6.23. The van der Waals surface area contributed by atoms with Gasteiger partial charge in [0.1, 0.15) is 21.9 Å². The normalized spacial score (nSPS) is 10.4. The van der Waals surface area contributed by atoms with E-state index in [1.54, 1.807) is 0 Å². The molecule has 0 bridgehead atoms. The summed E-state index contributed by atoms with van der Waals surface area (Å²) >= 11 is 11.4. The Hall–Kier alpha value is -1.72. The highest BCUT2D eigenvalue weighted by Crippen LogP contribution is 2.22. The summed E-state index contributed by atoms with van der Waals surface area (Å²) in [6.07, 6.45) is 0. The molecule has 20 heavy (non-hydrogen) atoms. The number of anilines is 1. The smallest absolute Gasteiger partial charge is 0.258 e. The van der Waals surface area contributed by atoms with Gasteiger partial charge in [-0.05, 0) is 30.7 Å². The first-order valence-electron chi connectivity index (χ1n) is 5.47. The highest BCUT2D eigenvalue weighted by Gasteiger charge is 2.15. The number of amides is 1. The number of halogens is 4. The minimum atomic E-state index is -0.740. The fourth-order valence-electron chi connectivity index (χ4n) is 1.51. The maximum atomic E-state index is 13.6. The molecule has 0 spiro atoms. The topological polar surface area (TPSA) is 42.0 Å². The fourth-order valence-corrected chi connectivity index (χ4v) is 1.94. The Morgan fingerprint density at radius 3 is 2.55 bits per heavy atom. The molecule has 0 atom stereocenters. The first kappa shape index (κ1) is 14.7. The van der Waals surface area contributed by atoms with Gasteiger partial charge in [0.15, 0.2) is 0 Å². The van der Waals surface area contributed by atoms with Gasteiger partial charge in [-0.15, -0.1) is 0 Å². The van der Waals surface area contributed by atoms with Gasteiger partial charge in [-0.3, -0.25) is 4.79 Å². The summed E-state index contributed by atoms with van der Waals surface area (Å²) < 4.78 is 27.0. The molecular weight excluding hydrogens is 309 g/mol. The molecule has 2 aromatic rings. The molecule has 0 radical (unpaired) electrons. The molecular formula is C13H8Cl2F2N2O. The van der Waals surface area contributed by atoms with Crippen molar-refractivity contribution in [3.8, 4) is 0 Å². The Labute approximate surface area is 123 Å². The maximum Gasteiger partial charge on any atom is 0.258 e. The van der Waals surface area contributed by atoms with E-state index in [2.05, 4.69) is 10.3 Å². The number of benzene rings is 1. The van der Waals surface area contributed by atoms with Gasteiger partial charge < -0.3 is 5.32 Å². The van der Waals surface area contributed by atoms with E-state index in [1.165, 1.54) is 19.1 Å². The summed E-state index contributed by atoms with van der Waals surface area (Å²) in [6, 6.07) is 4.61. The number of rotatable bonds is 2. The predicted octanol–water partition coefficient (Wildman–Crippen LogP) is 4.23. The number of hydrogen-bond donors (Lipinski definition) is 1. The Balaban J connectivity index is 2.30. The second kappa shape index (κ2) is 5.73. The minimum absolute atomic E-state index is 0.0106. The van der Waals surface area contributed by atoms with E-state index in [0.29, 0.717) is 0 Å². The zero-order valence-electron chi connectivity index (χ0n) is 10.2. The van der Waals surface area contributed by atoms with Gasteiger partial charge in [0.05, 0.1) is 11.3 Å². The van der Waals surface area contributed by atoms with Gasteiger partial charge in [0.2, 0.25) is 0 Å². The van der Waals surface area contributed by atoms with Crippen LogP contribution in [-0.4, -0.2) is 10.9 Å². The molecule has 3 nitrogen and oxygen atoms in total. The molecule has 1 heterocycles. The lowest BCUT2D eigenvalue weighted by atomic mass is 10.2. The average Bonchev–Trinajstić information content (AvgIpc) is 2.35. The van der Waals surface area contributed by atoms with Crippen LogP contribution in [0.25, 0.3) is 0 Å². The van der Waals surface area contributed by atoms with Crippen molar-refractivity contribution in [2.75, 3.05) is 5.32 Å². The molecule has 104 valence electrons. The molecule has 1 amide bonds. The van der Waals surface area contributed by atoms with Crippen LogP contribution in [0.1, 0.15) is 15.9 Å². The van der Waals surface area contributed by atoms with E-state index >= 15 is 0 Å². The highest BCUT2D eigenvalue weighted by molar-refractivity contribution is 6.35. The van der Waals surface area contributed by atoms with Crippen molar-refractivity contribution in [1.29, 1.82) is 0 Å². The number of nitrogens with one attached hydrogen (secondary N) is 1. The molecule has 0 saturated heterocycles. The average molecular weight is 317 g/mol. The van der Waals surface area contributed by atoms with Crippen molar-refractivity contribution in [1.82, 2.24) is 4.98 Å². The molecule has 0 aliphatic carbocycles. The van der Waals surface area contributed by atoms with Crippen LogP contribution in [0.2, 0.25) is 10.3 Å². The number of aryl methyl sites for hydroxylation is 1. The second-order valence-electron chi connectivity index (χ2n) is 4.01. The van der Waals surface area contributed by atoms with Crippen molar-refractivity contribution < 1.29 is 13.6 Å². The third-order valence-electron chi connectivity index (χ3n) is 2.56. The van der Waals surface area contributed by atoms with E-state index in [-0.39, 0.29) is 27.1 Å². The van der Waals surface area contributed by atoms with Gasteiger partial charge in [-0.25, -0.2) is 13.8 Å². The number of aromatic nitrogens is 1. The zero-order chi connectivity index (χ0) is 14.9. The Bertz CT molecular complexity index is 692. The Morgan fingerprint density at radius 1 is 1.20 bits per heavy atom. The molecule has 7 heteroatoms. The lowest BCUT2D eigenvalue weighted by molar-refractivity contribution is 0.102. The van der Waals surface area contributed by atoms with Gasteiger partial charge in [0.25, 0.3) is 5.91 Å². The molecule has 0 aliphatic heterocycles. The molecule has 0 fully saturated rings. The van der Waals surface area contributed by atoms with Crippen molar-refractivity contribution >= 4 is 34.8 Å². The minimum Gasteiger partial charge on any atom is -0.319 e. The summed E-state index contributed by atoms with van der Waals surface area (Å²) in [5, 5.41) is 2.24. The second-order valence-corrected chi connectivity index (χ2v) is 4.75. The number of nitrogens with zero attached hydrogens (tertiary/aromatic N) is 1. The standard InChI is InChI=1S/C13H8Cl2F2N2O/c1-6-4-9(17)10(5-8(6)16)18-13(20)7-2-3-11(14)19-12(7)15/h2-5H,1H3,(H,18,20). The molecule has 1 aromatic carbocycles. The first-order chi connectivity index (χ1) is 9.38. The van der Waals surface area contributed by atoms with Crippen molar-refractivity contribution in [2.45, 2.75) is 6.92 Å². The molecule has 1 aromatic heterocycles. The van der Waals surface area contributed by atoms with E-state index in [0.717, 1.165) is 12.1 Å². The third-order valence-corrected chi connectivity index (χ3v) is 3.05. The molecule has 1 N–H and O–H groups in total. The monoisotopic (exact) mass is 316 g/mol. The Morgan fingerprint density at radius 2 is 1.90 bits per heavy atom. The van der Waals surface area contributed by atoms with Gasteiger partial charge >= 0.3 is 0 Å². The zero-order valence-corrected chi connectivity index (χ0v) is 11.7. The number of carbonyl (C=O) groups is 1. The van der Waals surface area contributed by atoms with Gasteiger partial charge in [-0.1, -0.05) is 23.2 Å². The summed E-state index contributed by atoms with van der Waals surface area (Å²) in [6.45, 7) is 1.42. The predicted molar refractivity (Wildman–Crippen MR) is 73.3 cm³/mol. The van der Waals surface area contributed by atoms with E-state index in [1.807, 2.05) is 0 Å². The van der Waals surface area contributed by atoms with Gasteiger partial charge in [0, 0.05) is 6.07 Å². The van der Waals surface area contributed by atoms with Gasteiger partial charge in [-0.2, -0.15) is 0 Å². The number of carbonyl (C=O) groups excluding carboxylic acids is 1.